The Labute approximate surface area is 187 Å². The maximum atomic E-state index is 13.1. The fourth-order valence-corrected chi connectivity index (χ4v) is 4.51. The first kappa shape index (κ1) is 22.8. The Morgan fingerprint density at radius 2 is 1.91 bits per heavy atom. The molecule has 1 aromatic heterocycles. The summed E-state index contributed by atoms with van der Waals surface area (Å²) in [4.78, 5) is 26.3. The molecule has 4 N–H and O–H groups in total. The van der Waals surface area contributed by atoms with Gasteiger partial charge in [0, 0.05) is 30.4 Å². The van der Waals surface area contributed by atoms with Gasteiger partial charge >= 0.3 is 12.2 Å². The summed E-state index contributed by atoms with van der Waals surface area (Å²) in [6.45, 7) is 1.23. The molecule has 2 aliphatic rings. The SMILES string of the molecule is N#C[C@H]1CC[C@@H](N2CC(NC(=O)CNc3nn(C(N)=O)c4ccc(C(F)(F)F)cc34)C2)CC1. The number of fused-ring (bicyclic) bond motifs is 1. The normalized spacial score (nSPS) is 21.9. The third-order valence-electron chi connectivity index (χ3n) is 6.30. The van der Waals surface area contributed by atoms with Crippen LogP contribution in [0.15, 0.2) is 18.2 Å². The molecule has 4 rings (SSSR count). The van der Waals surface area contributed by atoms with Crippen molar-refractivity contribution in [3.05, 3.63) is 23.8 Å². The second-order valence-electron chi connectivity index (χ2n) is 8.53. The Hall–Kier alpha value is -3.33. The van der Waals surface area contributed by atoms with Crippen LogP contribution in [0.2, 0.25) is 0 Å². The van der Waals surface area contributed by atoms with Gasteiger partial charge in [-0.1, -0.05) is 0 Å². The minimum atomic E-state index is -4.57. The van der Waals surface area contributed by atoms with Gasteiger partial charge in [0.25, 0.3) is 0 Å². The fraction of sp³-hybridized carbons (Fsp3) is 0.524. The lowest BCUT2D eigenvalue weighted by Gasteiger charge is -2.46. The van der Waals surface area contributed by atoms with Gasteiger partial charge < -0.3 is 16.4 Å². The van der Waals surface area contributed by atoms with E-state index < -0.39 is 17.8 Å². The smallest absolute Gasteiger partial charge is 0.359 e. The molecule has 176 valence electrons. The van der Waals surface area contributed by atoms with Gasteiger partial charge in [-0.05, 0) is 43.9 Å². The first-order valence-electron chi connectivity index (χ1n) is 10.7. The number of nitrogens with zero attached hydrogens (tertiary/aromatic N) is 4. The van der Waals surface area contributed by atoms with E-state index in [4.69, 9.17) is 11.0 Å². The highest BCUT2D eigenvalue weighted by Crippen LogP contribution is 2.33. The molecule has 2 fully saturated rings. The molecule has 0 radical (unpaired) electrons. The summed E-state index contributed by atoms with van der Waals surface area (Å²) in [6, 6.07) is 4.63. The monoisotopic (exact) mass is 463 g/mol. The number of anilines is 1. The average molecular weight is 463 g/mol. The number of benzene rings is 1. The largest absolute Gasteiger partial charge is 0.416 e. The van der Waals surface area contributed by atoms with E-state index in [1.54, 1.807) is 0 Å². The molecule has 1 aromatic carbocycles. The first-order chi connectivity index (χ1) is 15.7. The number of primary amides is 1. The summed E-state index contributed by atoms with van der Waals surface area (Å²) in [5.41, 5.74) is 4.48. The Kier molecular flexibility index (Phi) is 6.16. The Balaban J connectivity index is 1.33. The van der Waals surface area contributed by atoms with Crippen molar-refractivity contribution in [2.24, 2.45) is 11.7 Å². The molecule has 0 spiro atoms. The number of amides is 2. The molecule has 1 saturated carbocycles. The number of hydrogen-bond acceptors (Lipinski definition) is 6. The Morgan fingerprint density at radius 1 is 1.21 bits per heavy atom. The number of nitrogens with two attached hydrogens (primary N) is 1. The van der Waals surface area contributed by atoms with Gasteiger partial charge in [-0.3, -0.25) is 9.69 Å². The van der Waals surface area contributed by atoms with Crippen LogP contribution >= 0.6 is 0 Å². The Bertz CT molecular complexity index is 1090. The van der Waals surface area contributed by atoms with E-state index in [2.05, 4.69) is 26.7 Å². The molecular weight excluding hydrogens is 439 g/mol. The predicted octanol–water partition coefficient (Wildman–Crippen LogP) is 2.28. The van der Waals surface area contributed by atoms with Crippen LogP contribution in [0.5, 0.6) is 0 Å². The third-order valence-corrected chi connectivity index (χ3v) is 6.30. The van der Waals surface area contributed by atoms with Crippen LogP contribution in [0.1, 0.15) is 31.2 Å². The minimum Gasteiger partial charge on any atom is -0.359 e. The molecule has 1 aliphatic heterocycles. The quantitative estimate of drug-likeness (QED) is 0.624. The van der Waals surface area contributed by atoms with Crippen molar-refractivity contribution in [3.63, 3.8) is 0 Å². The van der Waals surface area contributed by atoms with Gasteiger partial charge in [-0.15, -0.1) is 5.10 Å². The summed E-state index contributed by atoms with van der Waals surface area (Å²) in [7, 11) is 0. The van der Waals surface area contributed by atoms with Crippen molar-refractivity contribution < 1.29 is 22.8 Å². The second kappa shape index (κ2) is 8.90. The number of nitriles is 1. The lowest BCUT2D eigenvalue weighted by Crippen LogP contribution is -2.63. The molecule has 0 unspecified atom stereocenters. The highest BCUT2D eigenvalue weighted by molar-refractivity contribution is 5.97. The zero-order chi connectivity index (χ0) is 23.8. The van der Waals surface area contributed by atoms with E-state index in [-0.39, 0.29) is 41.1 Å². The summed E-state index contributed by atoms with van der Waals surface area (Å²) in [5.74, 6) is -0.221. The van der Waals surface area contributed by atoms with Crippen LogP contribution in [0.4, 0.5) is 23.8 Å². The lowest BCUT2D eigenvalue weighted by atomic mass is 9.85. The van der Waals surface area contributed by atoms with Crippen molar-refractivity contribution in [2.45, 2.75) is 43.9 Å². The molecule has 0 bridgehead atoms. The standard InChI is InChI=1S/C21H24F3N7O2/c22-21(23,24)13-3-6-17-16(7-13)19(29-31(17)20(26)33)27-9-18(32)28-14-10-30(11-14)15-4-1-12(8-25)2-5-15/h3,6-7,12,14-15H,1-2,4-5,9-11H2,(H2,26,33)(H,27,29)(H,28,32)/t12-,15+. The van der Waals surface area contributed by atoms with Crippen molar-refractivity contribution in [3.8, 4) is 6.07 Å². The molecule has 12 heteroatoms. The van der Waals surface area contributed by atoms with E-state index in [0.717, 1.165) is 61.7 Å². The van der Waals surface area contributed by atoms with Crippen molar-refractivity contribution in [2.75, 3.05) is 25.0 Å². The van der Waals surface area contributed by atoms with Crippen LogP contribution in [-0.2, 0) is 11.0 Å². The predicted molar refractivity (Wildman–Crippen MR) is 113 cm³/mol. The first-order valence-corrected chi connectivity index (χ1v) is 10.7. The van der Waals surface area contributed by atoms with Gasteiger partial charge in [-0.25, -0.2) is 4.79 Å². The molecule has 2 amide bonds. The molecule has 33 heavy (non-hydrogen) atoms. The number of aromatic nitrogens is 2. The van der Waals surface area contributed by atoms with Gasteiger partial charge in [0.1, 0.15) is 0 Å². The van der Waals surface area contributed by atoms with Crippen molar-refractivity contribution >= 4 is 28.7 Å². The maximum absolute atomic E-state index is 13.1. The maximum Gasteiger partial charge on any atom is 0.416 e. The number of likely N-dealkylation sites (tertiary alicyclic amines) is 1. The lowest BCUT2D eigenvalue weighted by molar-refractivity contribution is -0.137. The molecule has 1 aliphatic carbocycles. The zero-order valence-corrected chi connectivity index (χ0v) is 17.7. The summed E-state index contributed by atoms with van der Waals surface area (Å²) < 4.78 is 40.1. The minimum absolute atomic E-state index is 0.00950. The number of rotatable bonds is 5. The fourth-order valence-electron chi connectivity index (χ4n) is 4.51. The van der Waals surface area contributed by atoms with E-state index >= 15 is 0 Å². The average Bonchev–Trinajstić information content (AvgIpc) is 3.12. The van der Waals surface area contributed by atoms with Gasteiger partial charge in [-0.2, -0.15) is 23.1 Å². The number of hydrogen-bond donors (Lipinski definition) is 3. The molecule has 2 heterocycles. The van der Waals surface area contributed by atoms with E-state index in [1.165, 1.54) is 0 Å². The van der Waals surface area contributed by atoms with E-state index in [1.807, 2.05) is 0 Å². The van der Waals surface area contributed by atoms with Crippen molar-refractivity contribution in [1.82, 2.24) is 20.0 Å². The second-order valence-corrected chi connectivity index (χ2v) is 8.53. The Morgan fingerprint density at radius 3 is 2.52 bits per heavy atom. The van der Waals surface area contributed by atoms with Crippen molar-refractivity contribution in [1.29, 1.82) is 5.26 Å². The highest BCUT2D eigenvalue weighted by atomic mass is 19.4. The molecule has 1 saturated heterocycles. The van der Waals surface area contributed by atoms with Gasteiger partial charge in [0.15, 0.2) is 5.82 Å². The number of carbonyl (C=O) groups is 2. The number of alkyl halides is 3. The third kappa shape index (κ3) is 4.88. The van der Waals surface area contributed by atoms with Crippen LogP contribution in [0, 0.1) is 17.2 Å². The van der Waals surface area contributed by atoms with Gasteiger partial charge in [0.05, 0.1) is 29.7 Å². The molecule has 2 aromatic rings. The molecule has 9 nitrogen and oxygen atoms in total. The van der Waals surface area contributed by atoms with Crippen LogP contribution in [0.3, 0.4) is 0 Å². The highest BCUT2D eigenvalue weighted by Gasteiger charge is 2.35. The molecular formula is C21H24F3N7O2. The van der Waals surface area contributed by atoms with Crippen LogP contribution in [0.25, 0.3) is 10.9 Å². The summed E-state index contributed by atoms with van der Waals surface area (Å²) in [6.07, 6.45) is -0.797. The summed E-state index contributed by atoms with van der Waals surface area (Å²) in [5, 5.41) is 18.6. The molecule has 0 atom stereocenters. The van der Waals surface area contributed by atoms with E-state index in [0.29, 0.717) is 6.04 Å². The number of halogens is 3. The number of nitrogens with one attached hydrogen (secondary N) is 2. The zero-order valence-electron chi connectivity index (χ0n) is 17.7. The van der Waals surface area contributed by atoms with Crippen LogP contribution < -0.4 is 16.4 Å². The van der Waals surface area contributed by atoms with Crippen LogP contribution in [-0.4, -0.2) is 58.3 Å². The van der Waals surface area contributed by atoms with E-state index in [9.17, 15) is 22.8 Å². The topological polar surface area (TPSA) is 129 Å². The summed E-state index contributed by atoms with van der Waals surface area (Å²) >= 11 is 0. The number of carbonyl (C=O) groups excluding carboxylic acids is 2. The van der Waals surface area contributed by atoms with Gasteiger partial charge in [0.2, 0.25) is 5.91 Å².